The van der Waals surface area contributed by atoms with Crippen molar-refractivity contribution < 1.29 is 4.79 Å². The summed E-state index contributed by atoms with van der Waals surface area (Å²) in [6, 6.07) is 11.6. The first-order chi connectivity index (χ1) is 12.4. The molecule has 0 aliphatic carbocycles. The Labute approximate surface area is 152 Å². The molecule has 3 aromatic rings. The van der Waals surface area contributed by atoms with Gasteiger partial charge in [-0.1, -0.05) is 18.2 Å². The van der Waals surface area contributed by atoms with Crippen LogP contribution in [0.25, 0.3) is 11.0 Å². The third kappa shape index (κ3) is 3.52. The molecule has 1 N–H and O–H groups in total. The fraction of sp³-hybridized carbons (Fsp3) is 0.286. The number of anilines is 1. The van der Waals surface area contributed by atoms with Gasteiger partial charge in [-0.15, -0.1) is 0 Å². The second-order valence-electron chi connectivity index (χ2n) is 6.69. The van der Waals surface area contributed by atoms with Gasteiger partial charge in [0.25, 0.3) is 5.56 Å². The number of nitrogens with one attached hydrogen (secondary N) is 1. The fourth-order valence-electron chi connectivity index (χ4n) is 2.99. The van der Waals surface area contributed by atoms with Crippen molar-refractivity contribution in [3.63, 3.8) is 0 Å². The van der Waals surface area contributed by atoms with E-state index in [2.05, 4.69) is 10.3 Å². The van der Waals surface area contributed by atoms with Crippen molar-refractivity contribution in [2.45, 2.75) is 40.7 Å². The molecule has 2 aromatic carbocycles. The Morgan fingerprint density at radius 1 is 1.04 bits per heavy atom. The van der Waals surface area contributed by atoms with Crippen LogP contribution in [0.1, 0.15) is 28.8 Å². The molecule has 5 heteroatoms. The molecule has 0 radical (unpaired) electrons. The van der Waals surface area contributed by atoms with Gasteiger partial charge in [-0.25, -0.2) is 4.98 Å². The van der Waals surface area contributed by atoms with Crippen LogP contribution < -0.4 is 10.9 Å². The zero-order valence-corrected chi connectivity index (χ0v) is 15.6. The maximum atomic E-state index is 12.6. The Bertz CT molecular complexity index is 1050. The van der Waals surface area contributed by atoms with Crippen LogP contribution in [0.15, 0.2) is 41.2 Å². The van der Waals surface area contributed by atoms with E-state index < -0.39 is 0 Å². The molecule has 0 fully saturated rings. The van der Waals surface area contributed by atoms with Gasteiger partial charge < -0.3 is 9.88 Å². The van der Waals surface area contributed by atoms with Gasteiger partial charge in [-0.3, -0.25) is 9.59 Å². The summed E-state index contributed by atoms with van der Waals surface area (Å²) in [6.45, 7) is 8.01. The van der Waals surface area contributed by atoms with E-state index in [1.54, 1.807) is 11.5 Å². The molecule has 0 saturated carbocycles. The van der Waals surface area contributed by atoms with Crippen LogP contribution >= 0.6 is 0 Å². The molecule has 0 aliphatic heterocycles. The van der Waals surface area contributed by atoms with Gasteiger partial charge in [0.1, 0.15) is 5.69 Å². The lowest BCUT2D eigenvalue weighted by atomic mass is 10.1. The van der Waals surface area contributed by atoms with E-state index in [0.29, 0.717) is 12.2 Å². The number of nitrogens with zero attached hydrogens (tertiary/aromatic N) is 2. The summed E-state index contributed by atoms with van der Waals surface area (Å²) in [6.07, 6.45) is 0.222. The third-order valence-electron chi connectivity index (χ3n) is 4.71. The Morgan fingerprint density at radius 3 is 2.46 bits per heavy atom. The summed E-state index contributed by atoms with van der Waals surface area (Å²) in [5, 5.41) is 2.91. The summed E-state index contributed by atoms with van der Waals surface area (Å²) in [4.78, 5) is 29.3. The van der Waals surface area contributed by atoms with Gasteiger partial charge >= 0.3 is 0 Å². The van der Waals surface area contributed by atoms with Crippen molar-refractivity contribution in [2.75, 3.05) is 5.32 Å². The minimum absolute atomic E-state index is 0.113. The number of hydrogen-bond acceptors (Lipinski definition) is 3. The Morgan fingerprint density at radius 2 is 1.73 bits per heavy atom. The largest absolute Gasteiger partial charge is 0.326 e. The van der Waals surface area contributed by atoms with E-state index >= 15 is 0 Å². The molecule has 0 aliphatic rings. The van der Waals surface area contributed by atoms with Crippen molar-refractivity contribution in [1.29, 1.82) is 0 Å². The minimum atomic E-state index is -0.149. The number of benzene rings is 2. The Balaban J connectivity index is 1.87. The van der Waals surface area contributed by atoms with Gasteiger partial charge in [-0.2, -0.15) is 0 Å². The highest BCUT2D eigenvalue weighted by Gasteiger charge is 2.12. The van der Waals surface area contributed by atoms with Crippen LogP contribution in [0.3, 0.4) is 0 Å². The Hall–Kier alpha value is -2.95. The van der Waals surface area contributed by atoms with Crippen LogP contribution in [0.2, 0.25) is 0 Å². The summed E-state index contributed by atoms with van der Waals surface area (Å²) in [5.41, 5.74) is 5.88. The zero-order chi connectivity index (χ0) is 18.8. The maximum absolute atomic E-state index is 12.6. The molecule has 0 saturated heterocycles. The molecule has 5 nitrogen and oxygen atoms in total. The average molecular weight is 349 g/mol. The minimum Gasteiger partial charge on any atom is -0.326 e. The van der Waals surface area contributed by atoms with Gasteiger partial charge in [0.15, 0.2) is 0 Å². The highest BCUT2D eigenvalue weighted by Crippen LogP contribution is 2.18. The lowest BCUT2D eigenvalue weighted by Crippen LogP contribution is -2.26. The molecule has 26 heavy (non-hydrogen) atoms. The zero-order valence-electron chi connectivity index (χ0n) is 15.6. The van der Waals surface area contributed by atoms with E-state index in [0.717, 1.165) is 33.4 Å². The monoisotopic (exact) mass is 349 g/mol. The number of carbonyl (C=O) groups excluding carboxylic acids is 1. The summed E-state index contributed by atoms with van der Waals surface area (Å²) in [7, 11) is 0. The van der Waals surface area contributed by atoms with E-state index in [1.165, 1.54) is 0 Å². The average Bonchev–Trinajstić information content (AvgIpc) is 2.59. The number of aryl methyl sites for hydroxylation is 5. The molecule has 0 bridgehead atoms. The first-order valence-electron chi connectivity index (χ1n) is 8.70. The van der Waals surface area contributed by atoms with Crippen LogP contribution in [0.5, 0.6) is 0 Å². The first kappa shape index (κ1) is 17.9. The molecule has 1 aromatic heterocycles. The Kier molecular flexibility index (Phi) is 4.89. The fourth-order valence-corrected chi connectivity index (χ4v) is 2.99. The normalized spacial score (nSPS) is 10.9. The molecule has 134 valence electrons. The van der Waals surface area contributed by atoms with E-state index in [-0.39, 0.29) is 17.9 Å². The molecule has 1 amide bonds. The molecule has 0 spiro atoms. The number of fused-ring (bicyclic) bond motifs is 1. The lowest BCUT2D eigenvalue weighted by molar-refractivity contribution is -0.116. The third-order valence-corrected chi connectivity index (χ3v) is 4.71. The molecular formula is C21H23N3O2. The topological polar surface area (TPSA) is 64.0 Å². The van der Waals surface area contributed by atoms with Crippen molar-refractivity contribution >= 4 is 22.6 Å². The summed E-state index contributed by atoms with van der Waals surface area (Å²) >= 11 is 0. The smallest absolute Gasteiger partial charge is 0.272 e. The number of rotatable bonds is 4. The summed E-state index contributed by atoms with van der Waals surface area (Å²) in [5.74, 6) is -0.113. The predicted octanol–water partition coefficient (Wildman–Crippen LogP) is 3.66. The van der Waals surface area contributed by atoms with Gasteiger partial charge in [0.05, 0.1) is 11.0 Å². The number of carbonyl (C=O) groups is 1. The van der Waals surface area contributed by atoms with Crippen molar-refractivity contribution in [1.82, 2.24) is 9.55 Å². The highest BCUT2D eigenvalue weighted by atomic mass is 16.2. The molecule has 0 unspecified atom stereocenters. The van der Waals surface area contributed by atoms with Gasteiger partial charge in [0.2, 0.25) is 5.91 Å². The van der Waals surface area contributed by atoms with Crippen LogP contribution in [-0.4, -0.2) is 15.5 Å². The molecular weight excluding hydrogens is 326 g/mol. The highest BCUT2D eigenvalue weighted by molar-refractivity contribution is 5.91. The predicted molar refractivity (Wildman–Crippen MR) is 105 cm³/mol. The van der Waals surface area contributed by atoms with Crippen molar-refractivity contribution in [3.8, 4) is 0 Å². The van der Waals surface area contributed by atoms with E-state index in [9.17, 15) is 9.59 Å². The van der Waals surface area contributed by atoms with E-state index in [1.807, 2.05) is 57.2 Å². The number of amides is 1. The molecule has 0 atom stereocenters. The SMILES string of the molecule is Cc1cc2nc(C)c(=O)n(CCC(=O)Nc3ccccc3C)c2cc1C. The van der Waals surface area contributed by atoms with Crippen LogP contribution in [0.4, 0.5) is 5.69 Å². The number of para-hydroxylation sites is 1. The second-order valence-corrected chi connectivity index (χ2v) is 6.69. The quantitative estimate of drug-likeness (QED) is 0.782. The van der Waals surface area contributed by atoms with Crippen molar-refractivity contribution in [3.05, 3.63) is 69.1 Å². The van der Waals surface area contributed by atoms with E-state index in [4.69, 9.17) is 0 Å². The lowest BCUT2D eigenvalue weighted by Gasteiger charge is -2.13. The van der Waals surface area contributed by atoms with Gasteiger partial charge in [-0.05, 0) is 62.6 Å². The van der Waals surface area contributed by atoms with Crippen molar-refractivity contribution in [2.24, 2.45) is 0 Å². The second kappa shape index (κ2) is 7.12. The molecule has 3 rings (SSSR count). The van der Waals surface area contributed by atoms with Crippen LogP contribution in [-0.2, 0) is 11.3 Å². The summed E-state index contributed by atoms with van der Waals surface area (Å²) < 4.78 is 1.65. The number of hydrogen-bond donors (Lipinski definition) is 1. The standard InChI is InChI=1S/C21H23N3O2/c1-13-7-5-6-8-17(13)23-20(25)9-10-24-19-12-15(3)14(2)11-18(19)22-16(4)21(24)26/h5-8,11-12H,9-10H2,1-4H3,(H,23,25). The number of aromatic nitrogens is 2. The first-order valence-corrected chi connectivity index (χ1v) is 8.70. The van der Waals surface area contributed by atoms with Gasteiger partial charge in [0, 0.05) is 18.7 Å². The van der Waals surface area contributed by atoms with Crippen LogP contribution in [0, 0.1) is 27.7 Å². The maximum Gasteiger partial charge on any atom is 0.272 e. The molecule has 1 heterocycles.